The van der Waals surface area contributed by atoms with Gasteiger partial charge in [0.1, 0.15) is 6.10 Å². The van der Waals surface area contributed by atoms with Gasteiger partial charge in [0.15, 0.2) is 5.58 Å². The van der Waals surface area contributed by atoms with Crippen LogP contribution in [0.2, 0.25) is 0 Å². The molecule has 1 unspecified atom stereocenters. The minimum atomic E-state index is -0.737. The Morgan fingerprint density at radius 2 is 1.71 bits per heavy atom. The van der Waals surface area contributed by atoms with E-state index in [1.807, 2.05) is 32.0 Å². The number of rotatable bonds is 2. The number of fused-ring (bicyclic) bond motifs is 1. The average Bonchev–Trinajstić information content (AvgIpc) is 2.71. The molecule has 1 N–H and O–H groups in total. The molecular formula is C17H17NO3. The molecule has 4 heteroatoms. The number of aliphatic hydroxyl groups is 1. The third-order valence-electron chi connectivity index (χ3n) is 3.69. The molecule has 1 aromatic heterocycles. The molecule has 4 nitrogen and oxygen atoms in total. The Kier molecular flexibility index (Phi) is 3.18. The monoisotopic (exact) mass is 283 g/mol. The van der Waals surface area contributed by atoms with Crippen molar-refractivity contribution < 1.29 is 9.52 Å². The highest BCUT2D eigenvalue weighted by molar-refractivity contribution is 5.74. The number of aromatic nitrogens is 1. The number of aliphatic hydroxyl groups excluding tert-OH is 1. The summed E-state index contributed by atoms with van der Waals surface area (Å²) < 4.78 is 6.62. The SMILES string of the molecule is Cc1cc(C)cc(C(O)c2ccc3c(c2)oc(=O)n3C)c1. The number of oxazole rings is 1. The summed E-state index contributed by atoms with van der Waals surface area (Å²) in [7, 11) is 1.66. The van der Waals surface area contributed by atoms with Crippen molar-refractivity contribution in [2.24, 2.45) is 7.05 Å². The summed E-state index contributed by atoms with van der Waals surface area (Å²) in [5.74, 6) is -0.400. The fourth-order valence-corrected chi connectivity index (χ4v) is 2.68. The van der Waals surface area contributed by atoms with Gasteiger partial charge in [-0.2, -0.15) is 0 Å². The van der Waals surface area contributed by atoms with E-state index in [4.69, 9.17) is 4.42 Å². The number of benzene rings is 2. The van der Waals surface area contributed by atoms with Crippen LogP contribution in [0.4, 0.5) is 0 Å². The van der Waals surface area contributed by atoms with Crippen molar-refractivity contribution in [1.29, 1.82) is 0 Å². The van der Waals surface area contributed by atoms with E-state index in [-0.39, 0.29) is 0 Å². The summed E-state index contributed by atoms with van der Waals surface area (Å²) in [6.45, 7) is 4.01. The summed E-state index contributed by atoms with van der Waals surface area (Å²) in [6.07, 6.45) is -0.737. The summed E-state index contributed by atoms with van der Waals surface area (Å²) in [4.78, 5) is 11.5. The highest BCUT2D eigenvalue weighted by Crippen LogP contribution is 2.26. The van der Waals surface area contributed by atoms with Crippen LogP contribution in [-0.4, -0.2) is 9.67 Å². The maximum atomic E-state index is 11.5. The van der Waals surface area contributed by atoms with Crippen molar-refractivity contribution >= 4 is 11.1 Å². The van der Waals surface area contributed by atoms with Gasteiger partial charge in [-0.1, -0.05) is 35.4 Å². The van der Waals surface area contributed by atoms with Gasteiger partial charge in [0.25, 0.3) is 0 Å². The summed E-state index contributed by atoms with van der Waals surface area (Å²) in [5, 5.41) is 10.5. The molecule has 0 aliphatic rings. The first-order valence-corrected chi connectivity index (χ1v) is 6.81. The minimum Gasteiger partial charge on any atom is -0.408 e. The van der Waals surface area contributed by atoms with Crippen molar-refractivity contribution in [2.45, 2.75) is 20.0 Å². The van der Waals surface area contributed by atoms with Crippen LogP contribution in [0, 0.1) is 13.8 Å². The molecule has 0 aliphatic heterocycles. The van der Waals surface area contributed by atoms with Gasteiger partial charge in [-0.25, -0.2) is 4.79 Å². The maximum Gasteiger partial charge on any atom is 0.419 e. The molecule has 0 bridgehead atoms. The molecule has 1 atom stereocenters. The molecule has 0 spiro atoms. The zero-order chi connectivity index (χ0) is 15.1. The second-order valence-corrected chi connectivity index (χ2v) is 5.48. The fourth-order valence-electron chi connectivity index (χ4n) is 2.68. The molecule has 0 fully saturated rings. The Labute approximate surface area is 122 Å². The quantitative estimate of drug-likeness (QED) is 0.787. The summed E-state index contributed by atoms with van der Waals surface area (Å²) in [5.41, 5.74) is 4.97. The van der Waals surface area contributed by atoms with Crippen LogP contribution in [0.1, 0.15) is 28.4 Å². The molecule has 0 amide bonds. The molecule has 0 radical (unpaired) electrons. The fraction of sp³-hybridized carbons (Fsp3) is 0.235. The van der Waals surface area contributed by atoms with Crippen molar-refractivity contribution in [3.05, 3.63) is 69.2 Å². The third kappa shape index (κ3) is 2.38. The molecule has 0 saturated carbocycles. The Balaban J connectivity index is 2.08. The van der Waals surface area contributed by atoms with Crippen LogP contribution in [0.3, 0.4) is 0 Å². The molecule has 108 valence electrons. The lowest BCUT2D eigenvalue weighted by Gasteiger charge is -2.13. The van der Waals surface area contributed by atoms with Crippen LogP contribution in [0.15, 0.2) is 45.6 Å². The van der Waals surface area contributed by atoms with Crippen LogP contribution in [0.25, 0.3) is 11.1 Å². The van der Waals surface area contributed by atoms with E-state index in [9.17, 15) is 9.90 Å². The number of hydrogen-bond acceptors (Lipinski definition) is 3. The van der Waals surface area contributed by atoms with Crippen molar-refractivity contribution in [3.63, 3.8) is 0 Å². The highest BCUT2D eigenvalue weighted by Gasteiger charge is 2.14. The lowest BCUT2D eigenvalue weighted by molar-refractivity contribution is 0.220. The molecule has 3 aromatic rings. The normalized spacial score (nSPS) is 12.8. The van der Waals surface area contributed by atoms with E-state index in [0.717, 1.165) is 22.2 Å². The van der Waals surface area contributed by atoms with Gasteiger partial charge in [-0.15, -0.1) is 0 Å². The molecule has 2 aromatic carbocycles. The van der Waals surface area contributed by atoms with Crippen LogP contribution >= 0.6 is 0 Å². The number of nitrogens with zero attached hydrogens (tertiary/aromatic N) is 1. The number of aryl methyl sites for hydroxylation is 3. The van der Waals surface area contributed by atoms with Gasteiger partial charge in [0, 0.05) is 7.05 Å². The largest absolute Gasteiger partial charge is 0.419 e. The second-order valence-electron chi connectivity index (χ2n) is 5.48. The zero-order valence-electron chi connectivity index (χ0n) is 12.3. The Hall–Kier alpha value is -2.33. The lowest BCUT2D eigenvalue weighted by Crippen LogP contribution is -2.08. The highest BCUT2D eigenvalue weighted by atomic mass is 16.4. The van der Waals surface area contributed by atoms with E-state index in [2.05, 4.69) is 6.07 Å². The summed E-state index contributed by atoms with van der Waals surface area (Å²) >= 11 is 0. The first-order valence-electron chi connectivity index (χ1n) is 6.81. The van der Waals surface area contributed by atoms with Gasteiger partial charge < -0.3 is 9.52 Å². The maximum absolute atomic E-state index is 11.5. The zero-order valence-corrected chi connectivity index (χ0v) is 12.3. The first-order chi connectivity index (χ1) is 9.95. The predicted octanol–water partition coefficient (Wildman–Crippen LogP) is 2.83. The van der Waals surface area contributed by atoms with E-state index in [1.54, 1.807) is 19.2 Å². The lowest BCUT2D eigenvalue weighted by atomic mass is 9.98. The molecule has 0 aliphatic carbocycles. The summed E-state index contributed by atoms with van der Waals surface area (Å²) in [6, 6.07) is 11.3. The van der Waals surface area contributed by atoms with E-state index < -0.39 is 11.9 Å². The number of hydrogen-bond donors (Lipinski definition) is 1. The van der Waals surface area contributed by atoms with Crippen LogP contribution in [0.5, 0.6) is 0 Å². The molecule has 1 heterocycles. The Morgan fingerprint density at radius 1 is 1.05 bits per heavy atom. The van der Waals surface area contributed by atoms with Crippen molar-refractivity contribution in [3.8, 4) is 0 Å². The van der Waals surface area contributed by atoms with E-state index >= 15 is 0 Å². The third-order valence-corrected chi connectivity index (χ3v) is 3.69. The van der Waals surface area contributed by atoms with Gasteiger partial charge >= 0.3 is 5.76 Å². The predicted molar refractivity (Wildman–Crippen MR) is 81.4 cm³/mol. The van der Waals surface area contributed by atoms with Gasteiger partial charge in [-0.05, 0) is 37.1 Å². The molecule has 0 saturated heterocycles. The van der Waals surface area contributed by atoms with Crippen LogP contribution in [-0.2, 0) is 7.05 Å². The van der Waals surface area contributed by atoms with Crippen molar-refractivity contribution in [2.75, 3.05) is 0 Å². The Bertz CT molecular complexity index is 853. The topological polar surface area (TPSA) is 55.4 Å². The van der Waals surface area contributed by atoms with Gasteiger partial charge in [-0.3, -0.25) is 4.57 Å². The van der Waals surface area contributed by atoms with Gasteiger partial charge in [0.2, 0.25) is 0 Å². The second kappa shape index (κ2) is 4.90. The molecular weight excluding hydrogens is 266 g/mol. The average molecular weight is 283 g/mol. The smallest absolute Gasteiger partial charge is 0.408 e. The molecule has 3 rings (SSSR count). The van der Waals surface area contributed by atoms with Crippen LogP contribution < -0.4 is 5.76 Å². The molecule has 21 heavy (non-hydrogen) atoms. The van der Waals surface area contributed by atoms with Gasteiger partial charge in [0.05, 0.1) is 5.52 Å². The van der Waals surface area contributed by atoms with E-state index in [0.29, 0.717) is 11.1 Å². The standard InChI is InChI=1S/C17H17NO3/c1-10-6-11(2)8-13(7-10)16(19)12-4-5-14-15(9-12)21-17(20)18(14)3/h4-9,16,19H,1-3H3. The minimum absolute atomic E-state index is 0.400. The van der Waals surface area contributed by atoms with E-state index in [1.165, 1.54) is 4.57 Å². The van der Waals surface area contributed by atoms with Crippen molar-refractivity contribution in [1.82, 2.24) is 4.57 Å². The Morgan fingerprint density at radius 3 is 2.38 bits per heavy atom. The first kappa shape index (κ1) is 13.6.